The zero-order valence-corrected chi connectivity index (χ0v) is 8.85. The van der Waals surface area contributed by atoms with E-state index in [9.17, 15) is 4.79 Å². The van der Waals surface area contributed by atoms with Crippen molar-refractivity contribution in [1.29, 1.82) is 0 Å². The van der Waals surface area contributed by atoms with Crippen molar-refractivity contribution in [1.82, 2.24) is 0 Å². The Morgan fingerprint density at radius 3 is 2.75 bits per heavy atom. The van der Waals surface area contributed by atoms with Crippen LogP contribution in [0.4, 0.5) is 0 Å². The molecule has 0 saturated heterocycles. The first-order valence-corrected chi connectivity index (χ1v) is 4.46. The molecule has 0 amide bonds. The maximum atomic E-state index is 11.1. The van der Waals surface area contributed by atoms with Crippen LogP contribution in [0.2, 0.25) is 0 Å². The number of esters is 1. The van der Waals surface area contributed by atoms with Gasteiger partial charge in [0, 0.05) is 9.37 Å². The van der Waals surface area contributed by atoms with Crippen LogP contribution in [0, 0.1) is 0 Å². The van der Waals surface area contributed by atoms with Gasteiger partial charge in [0.25, 0.3) is 0 Å². The Kier molecular flexibility index (Phi) is 3.17. The van der Waals surface area contributed by atoms with Crippen LogP contribution in [0.5, 0.6) is 0 Å². The van der Waals surface area contributed by atoms with Crippen molar-refractivity contribution in [3.8, 4) is 0 Å². The maximum Gasteiger partial charge on any atom is 0.338 e. The van der Waals surface area contributed by atoms with Gasteiger partial charge < -0.3 is 4.74 Å². The molecule has 0 radical (unpaired) electrons. The minimum Gasteiger partial charge on any atom is -0.465 e. The van der Waals surface area contributed by atoms with Crippen molar-refractivity contribution >= 4 is 34.5 Å². The van der Waals surface area contributed by atoms with E-state index in [1.165, 1.54) is 7.11 Å². The predicted molar refractivity (Wildman–Crippen MR) is 52.7 cm³/mol. The van der Waals surface area contributed by atoms with Crippen molar-refractivity contribution in [2.45, 2.75) is 4.90 Å². The van der Waals surface area contributed by atoms with Crippen molar-refractivity contribution in [3.05, 3.63) is 28.2 Å². The van der Waals surface area contributed by atoms with Gasteiger partial charge in [0.05, 0.1) is 12.7 Å². The third-order valence-electron chi connectivity index (χ3n) is 1.37. The van der Waals surface area contributed by atoms with Gasteiger partial charge in [-0.05, 0) is 18.2 Å². The molecule has 64 valence electrons. The monoisotopic (exact) mass is 246 g/mol. The molecule has 1 rings (SSSR count). The lowest BCUT2D eigenvalue weighted by molar-refractivity contribution is 0.0597. The molecular formula is C8H7BrO2S. The topological polar surface area (TPSA) is 26.3 Å². The highest BCUT2D eigenvalue weighted by Crippen LogP contribution is 2.20. The van der Waals surface area contributed by atoms with Crippen LogP contribution >= 0.6 is 28.6 Å². The summed E-state index contributed by atoms with van der Waals surface area (Å²) in [4.78, 5) is 11.7. The molecule has 0 aliphatic heterocycles. The second-order valence-corrected chi connectivity index (χ2v) is 3.55. The second kappa shape index (κ2) is 3.96. The molecule has 0 bridgehead atoms. The summed E-state index contributed by atoms with van der Waals surface area (Å²) in [6.45, 7) is 0. The van der Waals surface area contributed by atoms with Gasteiger partial charge in [0.2, 0.25) is 0 Å². The Morgan fingerprint density at radius 1 is 1.58 bits per heavy atom. The lowest BCUT2D eigenvalue weighted by Gasteiger charge is -2.02. The number of thiol groups is 1. The summed E-state index contributed by atoms with van der Waals surface area (Å²) < 4.78 is 5.44. The fraction of sp³-hybridized carbons (Fsp3) is 0.125. The lowest BCUT2D eigenvalue weighted by atomic mass is 10.2. The number of hydrogen-bond donors (Lipinski definition) is 1. The van der Waals surface area contributed by atoms with Crippen molar-refractivity contribution < 1.29 is 9.53 Å². The van der Waals surface area contributed by atoms with Crippen LogP contribution in [-0.4, -0.2) is 13.1 Å². The SMILES string of the molecule is COC(=O)c1ccc(Br)cc1S. The van der Waals surface area contributed by atoms with Gasteiger partial charge in [-0.15, -0.1) is 12.6 Å². The van der Waals surface area contributed by atoms with Gasteiger partial charge in [-0.2, -0.15) is 0 Å². The van der Waals surface area contributed by atoms with Crippen LogP contribution < -0.4 is 0 Å². The van der Waals surface area contributed by atoms with Gasteiger partial charge >= 0.3 is 5.97 Å². The third-order valence-corrected chi connectivity index (χ3v) is 2.23. The first kappa shape index (κ1) is 9.61. The first-order chi connectivity index (χ1) is 5.65. The van der Waals surface area contributed by atoms with Crippen LogP contribution in [-0.2, 0) is 4.74 Å². The number of rotatable bonds is 1. The normalized spacial score (nSPS) is 9.58. The van der Waals surface area contributed by atoms with E-state index >= 15 is 0 Å². The molecule has 4 heteroatoms. The van der Waals surface area contributed by atoms with Crippen LogP contribution in [0.1, 0.15) is 10.4 Å². The Morgan fingerprint density at radius 2 is 2.25 bits per heavy atom. The minimum atomic E-state index is -0.368. The zero-order chi connectivity index (χ0) is 9.14. The molecule has 0 unspecified atom stereocenters. The number of carbonyl (C=O) groups is 1. The fourth-order valence-electron chi connectivity index (χ4n) is 0.787. The van der Waals surface area contributed by atoms with Gasteiger partial charge in [-0.1, -0.05) is 15.9 Å². The molecule has 0 aliphatic rings. The molecule has 0 N–H and O–H groups in total. The molecule has 0 aliphatic carbocycles. The molecule has 0 fully saturated rings. The van der Waals surface area contributed by atoms with Crippen LogP contribution in [0.25, 0.3) is 0 Å². The highest BCUT2D eigenvalue weighted by molar-refractivity contribution is 9.10. The summed E-state index contributed by atoms with van der Waals surface area (Å²) >= 11 is 7.40. The Hall–Kier alpha value is -0.480. The number of carbonyl (C=O) groups excluding carboxylic acids is 1. The average molecular weight is 247 g/mol. The van der Waals surface area contributed by atoms with E-state index in [0.717, 1.165) is 4.47 Å². The van der Waals surface area contributed by atoms with Crippen LogP contribution in [0.15, 0.2) is 27.6 Å². The number of halogens is 1. The second-order valence-electron chi connectivity index (χ2n) is 2.15. The molecule has 1 aromatic carbocycles. The summed E-state index contributed by atoms with van der Waals surface area (Å²) in [7, 11) is 1.34. The molecule has 0 heterocycles. The smallest absolute Gasteiger partial charge is 0.338 e. The van der Waals surface area contributed by atoms with E-state index in [4.69, 9.17) is 0 Å². The van der Waals surface area contributed by atoms with Gasteiger partial charge in [0.1, 0.15) is 0 Å². The lowest BCUT2D eigenvalue weighted by Crippen LogP contribution is -2.01. The predicted octanol–water partition coefficient (Wildman–Crippen LogP) is 2.52. The summed E-state index contributed by atoms with van der Waals surface area (Å²) in [6, 6.07) is 5.18. The third kappa shape index (κ3) is 2.01. The highest BCUT2D eigenvalue weighted by Gasteiger charge is 2.08. The molecular weight excluding hydrogens is 240 g/mol. The summed E-state index contributed by atoms with van der Waals surface area (Å²) in [5, 5.41) is 0. The van der Waals surface area contributed by atoms with Gasteiger partial charge in [0.15, 0.2) is 0 Å². The highest BCUT2D eigenvalue weighted by atomic mass is 79.9. The van der Waals surface area contributed by atoms with Gasteiger partial charge in [-0.3, -0.25) is 0 Å². The van der Waals surface area contributed by atoms with Crippen molar-refractivity contribution in [2.75, 3.05) is 7.11 Å². The zero-order valence-electron chi connectivity index (χ0n) is 6.37. The molecule has 0 aromatic heterocycles. The summed E-state index contributed by atoms with van der Waals surface area (Å²) in [5.74, 6) is -0.368. The first-order valence-electron chi connectivity index (χ1n) is 3.22. The maximum absolute atomic E-state index is 11.1. The summed E-state index contributed by atoms with van der Waals surface area (Å²) in [6.07, 6.45) is 0. The van der Waals surface area contributed by atoms with E-state index in [2.05, 4.69) is 33.3 Å². The van der Waals surface area contributed by atoms with Crippen molar-refractivity contribution in [3.63, 3.8) is 0 Å². The van der Waals surface area contributed by atoms with Crippen molar-refractivity contribution in [2.24, 2.45) is 0 Å². The minimum absolute atomic E-state index is 0.368. The fourth-order valence-corrected chi connectivity index (χ4v) is 1.63. The van der Waals surface area contributed by atoms with E-state index in [1.807, 2.05) is 0 Å². The average Bonchev–Trinajstić information content (AvgIpc) is 2.03. The van der Waals surface area contributed by atoms with E-state index in [1.54, 1.807) is 18.2 Å². The van der Waals surface area contributed by atoms with E-state index in [0.29, 0.717) is 10.5 Å². The van der Waals surface area contributed by atoms with Gasteiger partial charge in [-0.25, -0.2) is 4.79 Å². The molecule has 0 spiro atoms. The molecule has 0 atom stereocenters. The Labute approximate surface area is 84.5 Å². The molecule has 1 aromatic rings. The number of hydrogen-bond acceptors (Lipinski definition) is 3. The molecule has 0 saturated carbocycles. The number of ether oxygens (including phenoxy) is 1. The standard InChI is InChI=1S/C8H7BrO2S/c1-11-8(10)6-3-2-5(9)4-7(6)12/h2-4,12H,1H3. The largest absolute Gasteiger partial charge is 0.465 e. The van der Waals surface area contributed by atoms with E-state index < -0.39 is 0 Å². The number of benzene rings is 1. The Bertz CT molecular complexity index is 312. The molecule has 12 heavy (non-hydrogen) atoms. The Balaban J connectivity index is 3.09. The van der Waals surface area contributed by atoms with E-state index in [-0.39, 0.29) is 5.97 Å². The summed E-state index contributed by atoms with van der Waals surface area (Å²) in [5.41, 5.74) is 0.476. The molecule has 2 nitrogen and oxygen atoms in total. The van der Waals surface area contributed by atoms with Crippen LogP contribution in [0.3, 0.4) is 0 Å². The quantitative estimate of drug-likeness (QED) is 0.609. The number of methoxy groups -OCH3 is 1.